The van der Waals surface area contributed by atoms with Crippen molar-refractivity contribution in [1.29, 1.82) is 0 Å². The van der Waals surface area contributed by atoms with Crippen LogP contribution in [0.3, 0.4) is 0 Å². The molecule has 1 saturated heterocycles. The first kappa shape index (κ1) is 20.8. The van der Waals surface area contributed by atoms with Crippen molar-refractivity contribution >= 4 is 35.6 Å². The van der Waals surface area contributed by atoms with Gasteiger partial charge in [0.2, 0.25) is 0 Å². The van der Waals surface area contributed by atoms with Gasteiger partial charge >= 0.3 is 0 Å². The summed E-state index contributed by atoms with van der Waals surface area (Å²) in [5.41, 5.74) is 1.33. The van der Waals surface area contributed by atoms with E-state index in [9.17, 15) is 0 Å². The summed E-state index contributed by atoms with van der Waals surface area (Å²) in [6.45, 7) is 8.09. The molecule has 0 bridgehead atoms. The Hall–Kier alpha value is -1.24. The third-order valence-electron chi connectivity index (χ3n) is 4.10. The third-order valence-corrected chi connectivity index (χ3v) is 4.10. The van der Waals surface area contributed by atoms with Crippen molar-refractivity contribution in [3.05, 3.63) is 42.5 Å². The number of guanidine groups is 1. The molecule has 0 amide bonds. The van der Waals surface area contributed by atoms with Crippen molar-refractivity contribution in [2.75, 3.05) is 31.1 Å². The predicted octanol–water partition coefficient (Wildman–Crippen LogP) is 3.79. The van der Waals surface area contributed by atoms with Gasteiger partial charge in [-0.1, -0.05) is 30.4 Å². The van der Waals surface area contributed by atoms with Crippen LogP contribution in [0.15, 0.2) is 47.5 Å². The van der Waals surface area contributed by atoms with Gasteiger partial charge in [-0.25, -0.2) is 0 Å². The van der Waals surface area contributed by atoms with E-state index in [0.29, 0.717) is 6.04 Å². The fraction of sp³-hybridized carbons (Fsp3) is 0.526. The predicted molar refractivity (Wildman–Crippen MR) is 116 cm³/mol. The standard InChI is InChI=1S/C19H30N4.HI/c1-3-5-9-14-21-19(20-4-2)22-17-12-15-23(16-13-17)18-10-7-6-8-11-18;/h3,5-8,10-11,17H,4,9,12-16H2,1-2H3,(H2,20,21,22);1H. The molecule has 1 fully saturated rings. The lowest BCUT2D eigenvalue weighted by molar-refractivity contribution is 0.461. The van der Waals surface area contributed by atoms with Crippen molar-refractivity contribution in [2.45, 2.75) is 39.2 Å². The first-order chi connectivity index (χ1) is 11.3. The Balaban J connectivity index is 0.00000288. The second kappa shape index (κ2) is 12.2. The molecular formula is C19H31IN4. The number of hydrogen-bond donors (Lipinski definition) is 2. The largest absolute Gasteiger partial charge is 0.371 e. The van der Waals surface area contributed by atoms with Gasteiger partial charge in [-0.05, 0) is 45.2 Å². The van der Waals surface area contributed by atoms with Crippen LogP contribution in [-0.2, 0) is 0 Å². The fourth-order valence-electron chi connectivity index (χ4n) is 2.85. The third kappa shape index (κ3) is 7.11. The van der Waals surface area contributed by atoms with Gasteiger partial charge in [0, 0.05) is 37.9 Å². The highest BCUT2D eigenvalue weighted by molar-refractivity contribution is 14.0. The molecule has 1 aromatic rings. The number of aliphatic imine (C=N–C) groups is 1. The molecule has 1 aromatic carbocycles. The van der Waals surface area contributed by atoms with E-state index in [-0.39, 0.29) is 24.0 Å². The fourth-order valence-corrected chi connectivity index (χ4v) is 2.85. The summed E-state index contributed by atoms with van der Waals surface area (Å²) in [4.78, 5) is 7.12. The van der Waals surface area contributed by atoms with Gasteiger partial charge in [0.25, 0.3) is 0 Å². The zero-order valence-electron chi connectivity index (χ0n) is 14.9. The minimum Gasteiger partial charge on any atom is -0.371 e. The molecule has 0 aromatic heterocycles. The summed E-state index contributed by atoms with van der Waals surface area (Å²) in [5, 5.41) is 6.94. The van der Waals surface area contributed by atoms with Crippen LogP contribution in [0.2, 0.25) is 0 Å². The van der Waals surface area contributed by atoms with Gasteiger partial charge in [0.15, 0.2) is 5.96 Å². The molecule has 0 saturated carbocycles. The molecule has 4 nitrogen and oxygen atoms in total. The van der Waals surface area contributed by atoms with Crippen LogP contribution in [0.5, 0.6) is 0 Å². The van der Waals surface area contributed by atoms with E-state index in [1.807, 2.05) is 6.92 Å². The highest BCUT2D eigenvalue weighted by Crippen LogP contribution is 2.19. The first-order valence-corrected chi connectivity index (χ1v) is 8.79. The SMILES string of the molecule is CC=CCCN=C(NCC)NC1CCN(c2ccccc2)CC1.I. The van der Waals surface area contributed by atoms with Gasteiger partial charge in [0.05, 0.1) is 0 Å². The number of benzene rings is 1. The lowest BCUT2D eigenvalue weighted by Gasteiger charge is -2.34. The summed E-state index contributed by atoms with van der Waals surface area (Å²) >= 11 is 0. The molecule has 1 heterocycles. The Kier molecular flexibility index (Phi) is 10.5. The maximum absolute atomic E-state index is 4.65. The van der Waals surface area contributed by atoms with E-state index >= 15 is 0 Å². The van der Waals surface area contributed by atoms with Crippen molar-refractivity contribution in [3.8, 4) is 0 Å². The number of allylic oxidation sites excluding steroid dienone is 1. The second-order valence-corrected chi connectivity index (χ2v) is 5.86. The van der Waals surface area contributed by atoms with Crippen LogP contribution in [0.25, 0.3) is 0 Å². The molecule has 0 radical (unpaired) electrons. The van der Waals surface area contributed by atoms with E-state index in [4.69, 9.17) is 0 Å². The number of nitrogens with one attached hydrogen (secondary N) is 2. The number of rotatable bonds is 6. The maximum atomic E-state index is 4.65. The summed E-state index contributed by atoms with van der Waals surface area (Å²) in [7, 11) is 0. The van der Waals surface area contributed by atoms with Crippen molar-refractivity contribution in [2.24, 2.45) is 4.99 Å². The van der Waals surface area contributed by atoms with Crippen molar-refractivity contribution < 1.29 is 0 Å². The summed E-state index contributed by atoms with van der Waals surface area (Å²) in [6, 6.07) is 11.2. The topological polar surface area (TPSA) is 39.7 Å². The number of piperidine rings is 1. The Labute approximate surface area is 163 Å². The van der Waals surface area contributed by atoms with Crippen LogP contribution in [-0.4, -0.2) is 38.2 Å². The maximum Gasteiger partial charge on any atom is 0.191 e. The van der Waals surface area contributed by atoms with Gasteiger partial charge in [-0.3, -0.25) is 4.99 Å². The molecular weight excluding hydrogens is 411 g/mol. The van der Waals surface area contributed by atoms with Crippen LogP contribution >= 0.6 is 24.0 Å². The minimum atomic E-state index is 0. The average molecular weight is 442 g/mol. The first-order valence-electron chi connectivity index (χ1n) is 8.79. The molecule has 2 rings (SSSR count). The molecule has 2 N–H and O–H groups in total. The lowest BCUT2D eigenvalue weighted by Crippen LogP contribution is -2.48. The Bertz CT molecular complexity index is 493. The molecule has 1 aliphatic rings. The molecule has 134 valence electrons. The summed E-state index contributed by atoms with van der Waals surface area (Å²) in [6.07, 6.45) is 7.53. The molecule has 0 spiro atoms. The molecule has 24 heavy (non-hydrogen) atoms. The van der Waals surface area contributed by atoms with E-state index in [0.717, 1.165) is 51.4 Å². The zero-order chi connectivity index (χ0) is 16.3. The van der Waals surface area contributed by atoms with Gasteiger partial charge in [0.1, 0.15) is 0 Å². The lowest BCUT2D eigenvalue weighted by atomic mass is 10.0. The highest BCUT2D eigenvalue weighted by atomic mass is 127. The van der Waals surface area contributed by atoms with E-state index in [1.165, 1.54) is 5.69 Å². The second-order valence-electron chi connectivity index (χ2n) is 5.86. The van der Waals surface area contributed by atoms with Crippen LogP contribution < -0.4 is 15.5 Å². The summed E-state index contributed by atoms with van der Waals surface area (Å²) < 4.78 is 0. The number of para-hydroxylation sites is 1. The molecule has 0 unspecified atom stereocenters. The Morgan fingerprint density at radius 1 is 1.25 bits per heavy atom. The Morgan fingerprint density at radius 2 is 1.96 bits per heavy atom. The smallest absolute Gasteiger partial charge is 0.191 e. The normalized spacial score (nSPS) is 16.1. The quantitative estimate of drug-likeness (QED) is 0.232. The average Bonchev–Trinajstić information content (AvgIpc) is 2.60. The molecule has 0 atom stereocenters. The van der Waals surface area contributed by atoms with Gasteiger partial charge in [-0.15, -0.1) is 24.0 Å². The van der Waals surface area contributed by atoms with Crippen LogP contribution in [0.4, 0.5) is 5.69 Å². The molecule has 1 aliphatic heterocycles. The minimum absolute atomic E-state index is 0. The van der Waals surface area contributed by atoms with Gasteiger partial charge < -0.3 is 15.5 Å². The number of halogens is 1. The van der Waals surface area contributed by atoms with Crippen LogP contribution in [0, 0.1) is 0 Å². The van der Waals surface area contributed by atoms with Crippen molar-refractivity contribution in [1.82, 2.24) is 10.6 Å². The van der Waals surface area contributed by atoms with Gasteiger partial charge in [-0.2, -0.15) is 0 Å². The van der Waals surface area contributed by atoms with E-state index in [2.05, 4.69) is 69.9 Å². The monoisotopic (exact) mass is 442 g/mol. The van der Waals surface area contributed by atoms with Crippen molar-refractivity contribution in [3.63, 3.8) is 0 Å². The Morgan fingerprint density at radius 3 is 2.58 bits per heavy atom. The highest BCUT2D eigenvalue weighted by Gasteiger charge is 2.19. The molecule has 0 aliphatic carbocycles. The number of anilines is 1. The number of nitrogens with zero attached hydrogens (tertiary/aromatic N) is 2. The summed E-state index contributed by atoms with van der Waals surface area (Å²) in [5.74, 6) is 0.954. The molecule has 5 heteroatoms. The number of hydrogen-bond acceptors (Lipinski definition) is 2. The zero-order valence-corrected chi connectivity index (χ0v) is 17.2. The van der Waals surface area contributed by atoms with E-state index < -0.39 is 0 Å². The van der Waals surface area contributed by atoms with E-state index in [1.54, 1.807) is 0 Å². The van der Waals surface area contributed by atoms with Crippen LogP contribution in [0.1, 0.15) is 33.1 Å².